The average molecular weight is 316 g/mol. The lowest BCUT2D eigenvalue weighted by atomic mass is 10.0. The minimum atomic E-state index is -0.887. The maximum Gasteiger partial charge on any atom is 0.159 e. The average Bonchev–Trinajstić information content (AvgIpc) is 3.19. The third kappa shape index (κ3) is 2.63. The molecule has 1 aliphatic heterocycles. The summed E-state index contributed by atoms with van der Waals surface area (Å²) < 4.78 is 32.0. The summed E-state index contributed by atoms with van der Waals surface area (Å²) >= 11 is 0. The zero-order valence-electron chi connectivity index (χ0n) is 12.2. The van der Waals surface area contributed by atoms with Gasteiger partial charge in [0.15, 0.2) is 11.6 Å². The van der Waals surface area contributed by atoms with Gasteiger partial charge in [0, 0.05) is 43.0 Å². The van der Waals surface area contributed by atoms with E-state index in [9.17, 15) is 8.78 Å². The van der Waals surface area contributed by atoms with E-state index in [0.29, 0.717) is 24.3 Å². The molecule has 118 valence electrons. The molecule has 1 aromatic carbocycles. The normalized spacial score (nSPS) is 14.9. The van der Waals surface area contributed by atoms with E-state index in [1.165, 1.54) is 6.07 Å². The van der Waals surface area contributed by atoms with Crippen molar-refractivity contribution in [3.63, 3.8) is 0 Å². The molecule has 0 saturated carbocycles. The van der Waals surface area contributed by atoms with Gasteiger partial charge in [-0.15, -0.1) is 0 Å². The molecule has 0 saturated heterocycles. The van der Waals surface area contributed by atoms with Crippen molar-refractivity contribution < 1.29 is 13.3 Å². The number of imidazole rings is 1. The molecule has 0 fully saturated rings. The molecule has 2 aromatic heterocycles. The van der Waals surface area contributed by atoms with Crippen LogP contribution in [-0.4, -0.2) is 26.6 Å². The molecule has 23 heavy (non-hydrogen) atoms. The number of H-pyrrole nitrogens is 1. The summed E-state index contributed by atoms with van der Waals surface area (Å²) in [5, 5.41) is 4.06. The molecular formula is C16H14F2N4O. The summed E-state index contributed by atoms with van der Waals surface area (Å²) in [4.78, 5) is 9.52. The van der Waals surface area contributed by atoms with Crippen LogP contribution in [0.3, 0.4) is 0 Å². The van der Waals surface area contributed by atoms with Crippen molar-refractivity contribution in [3.8, 4) is 11.3 Å². The molecular weight excluding hydrogens is 302 g/mol. The fourth-order valence-corrected chi connectivity index (χ4v) is 2.87. The van der Waals surface area contributed by atoms with Crippen LogP contribution < -0.4 is 0 Å². The first-order valence-corrected chi connectivity index (χ1v) is 7.34. The third-order valence-electron chi connectivity index (χ3n) is 4.03. The number of nitrogens with zero attached hydrogens (tertiary/aromatic N) is 3. The number of rotatable bonds is 3. The van der Waals surface area contributed by atoms with Crippen molar-refractivity contribution in [2.24, 2.45) is 0 Å². The smallest absolute Gasteiger partial charge is 0.159 e. The molecule has 0 radical (unpaired) electrons. The standard InChI is InChI=1S/C16H14F2N4O/c17-12-2-1-10(7-13(12)18)16-11-8-22(6-3-14(11)23-21-16)9-15-19-4-5-20-15/h1-2,4-5,7H,3,6,8-9H2,(H,19,20). The fraction of sp³-hybridized carbons (Fsp3) is 0.250. The second-order valence-corrected chi connectivity index (χ2v) is 5.56. The van der Waals surface area contributed by atoms with Crippen LogP contribution in [0.25, 0.3) is 11.3 Å². The lowest BCUT2D eigenvalue weighted by molar-refractivity contribution is 0.224. The Labute approximate surface area is 130 Å². The Kier molecular flexibility index (Phi) is 3.42. The van der Waals surface area contributed by atoms with Gasteiger partial charge in [-0.2, -0.15) is 0 Å². The van der Waals surface area contributed by atoms with E-state index >= 15 is 0 Å². The molecule has 3 heterocycles. The summed E-state index contributed by atoms with van der Waals surface area (Å²) in [6.07, 6.45) is 4.24. The molecule has 7 heteroatoms. The van der Waals surface area contributed by atoms with Gasteiger partial charge in [-0.05, 0) is 18.2 Å². The predicted molar refractivity (Wildman–Crippen MR) is 78.3 cm³/mol. The van der Waals surface area contributed by atoms with Gasteiger partial charge in [0.25, 0.3) is 0 Å². The highest BCUT2D eigenvalue weighted by Crippen LogP contribution is 2.31. The van der Waals surface area contributed by atoms with Crippen molar-refractivity contribution in [1.82, 2.24) is 20.0 Å². The highest BCUT2D eigenvalue weighted by molar-refractivity contribution is 5.63. The topological polar surface area (TPSA) is 58.0 Å². The van der Waals surface area contributed by atoms with Gasteiger partial charge in [0.05, 0.1) is 6.54 Å². The summed E-state index contributed by atoms with van der Waals surface area (Å²) in [5.41, 5.74) is 2.02. The summed E-state index contributed by atoms with van der Waals surface area (Å²) in [6.45, 7) is 2.16. The van der Waals surface area contributed by atoms with Crippen LogP contribution in [-0.2, 0) is 19.5 Å². The van der Waals surface area contributed by atoms with Gasteiger partial charge in [0.1, 0.15) is 17.3 Å². The van der Waals surface area contributed by atoms with Crippen LogP contribution in [0.1, 0.15) is 17.1 Å². The van der Waals surface area contributed by atoms with Crippen LogP contribution in [0, 0.1) is 11.6 Å². The van der Waals surface area contributed by atoms with Gasteiger partial charge >= 0.3 is 0 Å². The molecule has 0 spiro atoms. The highest BCUT2D eigenvalue weighted by atomic mass is 19.2. The second kappa shape index (κ2) is 5.58. The van der Waals surface area contributed by atoms with Crippen molar-refractivity contribution in [2.75, 3.05) is 6.54 Å². The van der Waals surface area contributed by atoms with E-state index in [2.05, 4.69) is 20.0 Å². The number of aromatic nitrogens is 3. The van der Waals surface area contributed by atoms with E-state index < -0.39 is 11.6 Å². The molecule has 0 aliphatic carbocycles. The maximum atomic E-state index is 13.5. The molecule has 1 aliphatic rings. The Morgan fingerprint density at radius 3 is 2.96 bits per heavy atom. The van der Waals surface area contributed by atoms with Crippen molar-refractivity contribution >= 4 is 0 Å². The van der Waals surface area contributed by atoms with Gasteiger partial charge in [-0.25, -0.2) is 13.8 Å². The first-order valence-electron chi connectivity index (χ1n) is 7.34. The SMILES string of the molecule is Fc1ccc(-c2noc3c2CN(Cc2ncc[nH]2)CC3)cc1F. The van der Waals surface area contributed by atoms with Crippen molar-refractivity contribution in [1.29, 1.82) is 0 Å². The lowest BCUT2D eigenvalue weighted by Gasteiger charge is -2.25. The largest absolute Gasteiger partial charge is 0.360 e. The van der Waals surface area contributed by atoms with Crippen molar-refractivity contribution in [3.05, 3.63) is 59.4 Å². The Morgan fingerprint density at radius 1 is 1.26 bits per heavy atom. The summed E-state index contributed by atoms with van der Waals surface area (Å²) in [7, 11) is 0. The number of halogens is 2. The number of nitrogens with one attached hydrogen (secondary N) is 1. The van der Waals surface area contributed by atoms with Crippen LogP contribution in [0.15, 0.2) is 35.1 Å². The quantitative estimate of drug-likeness (QED) is 0.807. The van der Waals surface area contributed by atoms with E-state index in [1.54, 1.807) is 12.4 Å². The Balaban J connectivity index is 1.62. The van der Waals surface area contributed by atoms with Gasteiger partial charge in [-0.3, -0.25) is 4.90 Å². The lowest BCUT2D eigenvalue weighted by Crippen LogP contribution is -2.30. The van der Waals surface area contributed by atoms with Gasteiger partial charge in [-0.1, -0.05) is 5.16 Å². The summed E-state index contributed by atoms with van der Waals surface area (Å²) in [5.74, 6) is -0.0623. The van der Waals surface area contributed by atoms with Crippen LogP contribution in [0.4, 0.5) is 8.78 Å². The number of fused-ring (bicyclic) bond motifs is 1. The zero-order valence-corrected chi connectivity index (χ0v) is 12.2. The highest BCUT2D eigenvalue weighted by Gasteiger charge is 2.25. The number of hydrogen-bond acceptors (Lipinski definition) is 4. The van der Waals surface area contributed by atoms with E-state index in [4.69, 9.17) is 4.52 Å². The fourth-order valence-electron chi connectivity index (χ4n) is 2.87. The van der Waals surface area contributed by atoms with Gasteiger partial charge in [0.2, 0.25) is 0 Å². The zero-order chi connectivity index (χ0) is 15.8. The second-order valence-electron chi connectivity index (χ2n) is 5.56. The predicted octanol–water partition coefficient (Wildman–Crippen LogP) is 2.90. The maximum absolute atomic E-state index is 13.5. The molecule has 5 nitrogen and oxygen atoms in total. The third-order valence-corrected chi connectivity index (χ3v) is 4.03. The minimum absolute atomic E-state index is 0.522. The number of hydrogen-bond donors (Lipinski definition) is 1. The van der Waals surface area contributed by atoms with E-state index in [1.807, 2.05) is 0 Å². The van der Waals surface area contributed by atoms with Crippen LogP contribution >= 0.6 is 0 Å². The molecule has 4 rings (SSSR count). The Morgan fingerprint density at radius 2 is 2.17 bits per heavy atom. The molecule has 1 N–H and O–H groups in total. The van der Waals surface area contributed by atoms with Crippen LogP contribution in [0.5, 0.6) is 0 Å². The van der Waals surface area contributed by atoms with Crippen LogP contribution in [0.2, 0.25) is 0 Å². The molecule has 0 unspecified atom stereocenters. The molecule has 0 amide bonds. The molecule has 3 aromatic rings. The first-order chi connectivity index (χ1) is 11.2. The number of benzene rings is 1. The number of aromatic amines is 1. The first kappa shape index (κ1) is 14.1. The Bertz CT molecular complexity index is 829. The monoisotopic (exact) mass is 316 g/mol. The van der Waals surface area contributed by atoms with E-state index in [-0.39, 0.29) is 0 Å². The summed E-state index contributed by atoms with van der Waals surface area (Å²) in [6, 6.07) is 3.77. The molecule has 0 bridgehead atoms. The Hall–Kier alpha value is -2.54. The van der Waals surface area contributed by atoms with E-state index in [0.717, 1.165) is 42.2 Å². The molecule has 0 atom stereocenters. The minimum Gasteiger partial charge on any atom is -0.360 e. The van der Waals surface area contributed by atoms with Crippen molar-refractivity contribution in [2.45, 2.75) is 19.5 Å². The van der Waals surface area contributed by atoms with Gasteiger partial charge < -0.3 is 9.51 Å².